The third-order valence-corrected chi connectivity index (χ3v) is 6.88. The Morgan fingerprint density at radius 3 is 2.39 bits per heavy atom. The largest absolute Gasteiger partial charge is 0.497 e. The molecule has 1 aromatic carbocycles. The van der Waals surface area contributed by atoms with E-state index in [1.54, 1.807) is 7.11 Å². The van der Waals surface area contributed by atoms with Crippen molar-refractivity contribution in [1.82, 2.24) is 0 Å². The van der Waals surface area contributed by atoms with Crippen molar-refractivity contribution in [3.05, 3.63) is 29.8 Å². The highest BCUT2D eigenvalue weighted by Gasteiger charge is 2.60. The van der Waals surface area contributed by atoms with Crippen LogP contribution in [0.3, 0.4) is 0 Å². The second-order valence-electron chi connectivity index (χ2n) is 7.82. The number of benzene rings is 1. The molecular formula is C19H23BrO3. The van der Waals surface area contributed by atoms with Gasteiger partial charge >= 0.3 is 5.97 Å². The van der Waals surface area contributed by atoms with Crippen LogP contribution < -0.4 is 4.74 Å². The Kier molecular flexibility index (Phi) is 3.71. The third-order valence-electron chi connectivity index (χ3n) is 5.95. The van der Waals surface area contributed by atoms with E-state index >= 15 is 0 Å². The van der Waals surface area contributed by atoms with Gasteiger partial charge in [0.2, 0.25) is 0 Å². The summed E-state index contributed by atoms with van der Waals surface area (Å²) in [5, 5.41) is 0. The molecule has 0 aliphatic heterocycles. The molecule has 5 rings (SSSR count). The Hall–Kier alpha value is -1.03. The Morgan fingerprint density at radius 2 is 1.83 bits per heavy atom. The lowest BCUT2D eigenvalue weighted by atomic mass is 9.49. The van der Waals surface area contributed by atoms with E-state index in [0.717, 1.165) is 30.6 Å². The van der Waals surface area contributed by atoms with Crippen molar-refractivity contribution in [3.8, 4) is 5.75 Å². The molecule has 4 fully saturated rings. The van der Waals surface area contributed by atoms with Crippen molar-refractivity contribution < 1.29 is 14.3 Å². The Bertz CT molecular complexity index is 596. The first-order valence-electron chi connectivity index (χ1n) is 8.49. The SMILES string of the molecule is COc1ccc(COC(=O)C23CC4CC(CC(Br)(C4)C2)C3)cc1. The number of carbonyl (C=O) groups is 1. The number of hydrogen-bond donors (Lipinski definition) is 0. The fraction of sp³-hybridized carbons (Fsp3) is 0.632. The molecule has 4 saturated carbocycles. The van der Waals surface area contributed by atoms with Crippen molar-refractivity contribution >= 4 is 21.9 Å². The first-order chi connectivity index (χ1) is 11.0. The number of hydrogen-bond acceptors (Lipinski definition) is 3. The number of methoxy groups -OCH3 is 1. The quantitative estimate of drug-likeness (QED) is 0.572. The standard InChI is InChI=1S/C19H23BrO3/c1-22-16-4-2-13(3-5-16)11-23-17(21)18-7-14-6-15(8-18)10-19(20,9-14)12-18/h2-5,14-15H,6-12H2,1H3. The molecule has 23 heavy (non-hydrogen) atoms. The molecule has 2 unspecified atom stereocenters. The highest BCUT2D eigenvalue weighted by molar-refractivity contribution is 9.10. The molecule has 124 valence electrons. The molecule has 4 aliphatic rings. The summed E-state index contributed by atoms with van der Waals surface area (Å²) >= 11 is 3.95. The second kappa shape index (κ2) is 5.51. The van der Waals surface area contributed by atoms with Gasteiger partial charge in [-0.2, -0.15) is 0 Å². The van der Waals surface area contributed by atoms with Crippen molar-refractivity contribution in [1.29, 1.82) is 0 Å². The lowest BCUT2D eigenvalue weighted by Gasteiger charge is -2.58. The van der Waals surface area contributed by atoms with E-state index in [1.807, 2.05) is 24.3 Å². The number of halogens is 1. The minimum Gasteiger partial charge on any atom is -0.497 e. The fourth-order valence-electron chi connectivity index (χ4n) is 5.41. The van der Waals surface area contributed by atoms with Gasteiger partial charge in [0, 0.05) is 4.32 Å². The van der Waals surface area contributed by atoms with Crippen LogP contribution >= 0.6 is 15.9 Å². The monoisotopic (exact) mass is 378 g/mol. The Labute approximate surface area is 145 Å². The van der Waals surface area contributed by atoms with Gasteiger partial charge in [0.05, 0.1) is 12.5 Å². The van der Waals surface area contributed by atoms with Gasteiger partial charge in [0.1, 0.15) is 12.4 Å². The zero-order chi connectivity index (χ0) is 16.1. The number of carbonyl (C=O) groups excluding carboxylic acids is 1. The Balaban J connectivity index is 1.44. The predicted molar refractivity (Wildman–Crippen MR) is 91.6 cm³/mol. The molecule has 4 heteroatoms. The van der Waals surface area contributed by atoms with E-state index < -0.39 is 0 Å². The highest BCUT2D eigenvalue weighted by Crippen LogP contribution is 2.64. The summed E-state index contributed by atoms with van der Waals surface area (Å²) in [7, 11) is 1.65. The van der Waals surface area contributed by atoms with E-state index in [-0.39, 0.29) is 15.7 Å². The molecule has 2 atom stereocenters. The molecule has 3 nitrogen and oxygen atoms in total. The summed E-state index contributed by atoms with van der Waals surface area (Å²) in [6, 6.07) is 7.72. The smallest absolute Gasteiger partial charge is 0.312 e. The normalized spacial score (nSPS) is 37.7. The van der Waals surface area contributed by atoms with E-state index in [0.29, 0.717) is 18.4 Å². The van der Waals surface area contributed by atoms with Crippen molar-refractivity contribution in [2.45, 2.75) is 49.5 Å². The van der Waals surface area contributed by atoms with Crippen LogP contribution in [0.4, 0.5) is 0 Å². The molecule has 0 saturated heterocycles. The molecule has 0 heterocycles. The topological polar surface area (TPSA) is 35.5 Å². The molecule has 0 N–H and O–H groups in total. The molecule has 0 spiro atoms. The average Bonchev–Trinajstić information content (AvgIpc) is 2.50. The second-order valence-corrected chi connectivity index (χ2v) is 9.50. The van der Waals surface area contributed by atoms with Crippen LogP contribution in [0.1, 0.15) is 44.1 Å². The van der Waals surface area contributed by atoms with Gasteiger partial charge in [0.15, 0.2) is 0 Å². The maximum absolute atomic E-state index is 12.9. The zero-order valence-electron chi connectivity index (χ0n) is 13.5. The van der Waals surface area contributed by atoms with Crippen LogP contribution in [0.25, 0.3) is 0 Å². The zero-order valence-corrected chi connectivity index (χ0v) is 15.1. The van der Waals surface area contributed by atoms with E-state index in [1.165, 1.54) is 19.3 Å². The van der Waals surface area contributed by atoms with Gasteiger partial charge in [-0.25, -0.2) is 0 Å². The maximum Gasteiger partial charge on any atom is 0.312 e. The van der Waals surface area contributed by atoms with Crippen LogP contribution in [-0.2, 0) is 16.1 Å². The minimum absolute atomic E-state index is 0.0197. The molecule has 4 aliphatic carbocycles. The van der Waals surface area contributed by atoms with Crippen molar-refractivity contribution in [2.24, 2.45) is 17.3 Å². The lowest BCUT2D eigenvalue weighted by Crippen LogP contribution is -2.56. The van der Waals surface area contributed by atoms with Crippen LogP contribution in [0.2, 0.25) is 0 Å². The van der Waals surface area contributed by atoms with Crippen LogP contribution in [0, 0.1) is 17.3 Å². The summed E-state index contributed by atoms with van der Waals surface area (Å²) in [5.74, 6) is 2.24. The van der Waals surface area contributed by atoms with Crippen LogP contribution in [-0.4, -0.2) is 17.4 Å². The maximum atomic E-state index is 12.9. The summed E-state index contributed by atoms with van der Waals surface area (Å²) in [6.07, 6.45) is 6.78. The van der Waals surface area contributed by atoms with E-state index in [2.05, 4.69) is 15.9 Å². The van der Waals surface area contributed by atoms with E-state index in [9.17, 15) is 4.79 Å². The van der Waals surface area contributed by atoms with Gasteiger partial charge in [0.25, 0.3) is 0 Å². The number of ether oxygens (including phenoxy) is 2. The van der Waals surface area contributed by atoms with Gasteiger partial charge < -0.3 is 9.47 Å². The van der Waals surface area contributed by atoms with Gasteiger partial charge in [-0.1, -0.05) is 28.1 Å². The summed E-state index contributed by atoms with van der Waals surface area (Å²) < 4.78 is 11.1. The first kappa shape index (κ1) is 15.5. The van der Waals surface area contributed by atoms with Crippen LogP contribution in [0.15, 0.2) is 24.3 Å². The fourth-order valence-corrected chi connectivity index (χ4v) is 6.87. The predicted octanol–water partition coefficient (Wildman–Crippen LogP) is 4.47. The minimum atomic E-state index is -0.236. The average molecular weight is 379 g/mol. The third kappa shape index (κ3) is 2.79. The molecular weight excluding hydrogens is 356 g/mol. The van der Waals surface area contributed by atoms with Gasteiger partial charge in [-0.05, 0) is 68.1 Å². The van der Waals surface area contributed by atoms with Crippen LogP contribution in [0.5, 0.6) is 5.75 Å². The van der Waals surface area contributed by atoms with Gasteiger partial charge in [-0.15, -0.1) is 0 Å². The number of rotatable bonds is 4. The number of alkyl halides is 1. The van der Waals surface area contributed by atoms with E-state index in [4.69, 9.17) is 9.47 Å². The Morgan fingerprint density at radius 1 is 1.17 bits per heavy atom. The molecule has 4 bridgehead atoms. The lowest BCUT2D eigenvalue weighted by molar-refractivity contribution is -0.170. The van der Waals surface area contributed by atoms with Crippen molar-refractivity contribution in [2.75, 3.05) is 7.11 Å². The number of esters is 1. The molecule has 0 amide bonds. The molecule has 1 aromatic rings. The van der Waals surface area contributed by atoms with Crippen molar-refractivity contribution in [3.63, 3.8) is 0 Å². The summed E-state index contributed by atoms with van der Waals surface area (Å²) in [4.78, 5) is 12.9. The molecule has 0 aromatic heterocycles. The first-order valence-corrected chi connectivity index (χ1v) is 9.29. The molecule has 0 radical (unpaired) electrons. The van der Waals surface area contributed by atoms with Gasteiger partial charge in [-0.3, -0.25) is 4.79 Å². The highest BCUT2D eigenvalue weighted by atomic mass is 79.9. The summed E-state index contributed by atoms with van der Waals surface area (Å²) in [5.41, 5.74) is 0.775. The summed E-state index contributed by atoms with van der Waals surface area (Å²) in [6.45, 7) is 0.356.